The van der Waals surface area contributed by atoms with E-state index in [1.165, 1.54) is 0 Å². The Morgan fingerprint density at radius 1 is 1.16 bits per heavy atom. The number of nitrogens with zero attached hydrogens (tertiary/aromatic N) is 4. The lowest BCUT2D eigenvalue weighted by Gasteiger charge is -2.16. The Morgan fingerprint density at radius 3 is 2.47 bits per heavy atom. The molecule has 0 saturated heterocycles. The molecule has 19 heavy (non-hydrogen) atoms. The van der Waals surface area contributed by atoms with Crippen LogP contribution in [-0.2, 0) is 4.74 Å². The summed E-state index contributed by atoms with van der Waals surface area (Å²) in [6.07, 6.45) is 3.50. The highest BCUT2D eigenvalue weighted by molar-refractivity contribution is 5.43. The molecular weight excluding hydrogens is 244 g/mol. The summed E-state index contributed by atoms with van der Waals surface area (Å²) in [5, 5.41) is 6.32. The first-order valence-corrected chi connectivity index (χ1v) is 6.53. The Hall–Kier alpha value is -1.63. The van der Waals surface area contributed by atoms with Gasteiger partial charge in [-0.15, -0.1) is 0 Å². The summed E-state index contributed by atoms with van der Waals surface area (Å²) in [4.78, 5) is 14.9. The van der Waals surface area contributed by atoms with E-state index in [0.29, 0.717) is 30.0 Å². The van der Waals surface area contributed by atoms with E-state index in [9.17, 15) is 0 Å². The van der Waals surface area contributed by atoms with Crippen LogP contribution >= 0.6 is 0 Å². The van der Waals surface area contributed by atoms with Gasteiger partial charge in [-0.1, -0.05) is 0 Å². The Kier molecular flexibility index (Phi) is 4.36. The summed E-state index contributed by atoms with van der Waals surface area (Å²) < 4.78 is 5.37. The minimum absolute atomic E-state index is 0.344. The minimum atomic E-state index is 0.344. The zero-order chi connectivity index (χ0) is 13.8. The van der Waals surface area contributed by atoms with Gasteiger partial charge in [-0.05, 0) is 19.3 Å². The van der Waals surface area contributed by atoms with E-state index < -0.39 is 0 Å². The maximum atomic E-state index is 5.37. The number of rotatable bonds is 5. The highest BCUT2D eigenvalue weighted by Gasteiger charge is 2.25. The summed E-state index contributed by atoms with van der Waals surface area (Å²) in [5.41, 5.74) is 0. The van der Waals surface area contributed by atoms with Crippen molar-refractivity contribution < 1.29 is 4.74 Å². The van der Waals surface area contributed by atoms with Gasteiger partial charge in [0.05, 0.1) is 6.10 Å². The van der Waals surface area contributed by atoms with Gasteiger partial charge in [0.25, 0.3) is 0 Å². The van der Waals surface area contributed by atoms with Gasteiger partial charge in [-0.3, -0.25) is 0 Å². The van der Waals surface area contributed by atoms with Gasteiger partial charge in [0.1, 0.15) is 0 Å². The monoisotopic (exact) mass is 266 g/mol. The first kappa shape index (κ1) is 13.8. The molecule has 2 unspecified atom stereocenters. The fraction of sp³-hybridized carbons (Fsp3) is 0.750. The quantitative estimate of drug-likeness (QED) is 0.822. The van der Waals surface area contributed by atoms with Crippen molar-refractivity contribution in [2.75, 3.05) is 43.8 Å². The van der Waals surface area contributed by atoms with Crippen LogP contribution in [-0.4, -0.2) is 55.4 Å². The second-order valence-electron chi connectivity index (χ2n) is 4.94. The van der Waals surface area contributed by atoms with Gasteiger partial charge < -0.3 is 20.3 Å². The lowest BCUT2D eigenvalue weighted by Crippen LogP contribution is -2.21. The predicted octanol–water partition coefficient (Wildman–Crippen LogP) is 0.959. The maximum absolute atomic E-state index is 5.37. The van der Waals surface area contributed by atoms with Crippen LogP contribution in [0.4, 0.5) is 17.8 Å². The number of ether oxygens (including phenoxy) is 1. The molecule has 1 saturated carbocycles. The van der Waals surface area contributed by atoms with Crippen molar-refractivity contribution in [2.24, 2.45) is 0 Å². The molecule has 1 aromatic rings. The van der Waals surface area contributed by atoms with Crippen LogP contribution in [0.3, 0.4) is 0 Å². The molecule has 1 aliphatic rings. The number of hydrogen-bond donors (Lipinski definition) is 2. The van der Waals surface area contributed by atoms with Gasteiger partial charge in [-0.25, -0.2) is 0 Å². The molecule has 0 radical (unpaired) electrons. The first-order chi connectivity index (χ1) is 9.12. The fourth-order valence-corrected chi connectivity index (χ4v) is 2.21. The van der Waals surface area contributed by atoms with Gasteiger partial charge in [0.15, 0.2) is 0 Å². The van der Waals surface area contributed by atoms with Crippen molar-refractivity contribution in [1.82, 2.24) is 15.0 Å². The van der Waals surface area contributed by atoms with Crippen LogP contribution < -0.4 is 15.5 Å². The van der Waals surface area contributed by atoms with E-state index in [1.807, 2.05) is 19.0 Å². The predicted molar refractivity (Wildman–Crippen MR) is 75.8 cm³/mol. The molecule has 1 aliphatic carbocycles. The molecule has 0 spiro atoms. The Bertz CT molecular complexity index is 425. The lowest BCUT2D eigenvalue weighted by molar-refractivity contribution is 0.108. The average Bonchev–Trinajstić information content (AvgIpc) is 2.85. The summed E-state index contributed by atoms with van der Waals surface area (Å²) in [5.74, 6) is 1.83. The minimum Gasteiger partial charge on any atom is -0.381 e. The summed E-state index contributed by atoms with van der Waals surface area (Å²) in [6.45, 7) is 0. The fourth-order valence-electron chi connectivity index (χ4n) is 2.21. The Labute approximate surface area is 113 Å². The molecular formula is C12H22N6O. The number of methoxy groups -OCH3 is 1. The summed E-state index contributed by atoms with van der Waals surface area (Å²) >= 11 is 0. The van der Waals surface area contributed by atoms with Gasteiger partial charge in [0.2, 0.25) is 17.8 Å². The van der Waals surface area contributed by atoms with Crippen molar-refractivity contribution in [3.05, 3.63) is 0 Å². The molecule has 0 bridgehead atoms. The van der Waals surface area contributed by atoms with Crippen LogP contribution in [0, 0.1) is 0 Å². The SMILES string of the molecule is CNc1nc(NC2CCC(OC)C2)nc(N(C)C)n1. The van der Waals surface area contributed by atoms with E-state index in [0.717, 1.165) is 19.3 Å². The third-order valence-corrected chi connectivity index (χ3v) is 3.30. The molecule has 1 fully saturated rings. The third-order valence-electron chi connectivity index (χ3n) is 3.30. The molecule has 0 aromatic carbocycles. The van der Waals surface area contributed by atoms with Crippen LogP contribution in [0.5, 0.6) is 0 Å². The average molecular weight is 266 g/mol. The summed E-state index contributed by atoms with van der Waals surface area (Å²) in [6, 6.07) is 0.368. The second-order valence-corrected chi connectivity index (χ2v) is 4.94. The highest BCUT2D eigenvalue weighted by Crippen LogP contribution is 2.24. The smallest absolute Gasteiger partial charge is 0.231 e. The zero-order valence-corrected chi connectivity index (χ0v) is 12.0. The van der Waals surface area contributed by atoms with E-state index in [1.54, 1.807) is 14.2 Å². The van der Waals surface area contributed by atoms with E-state index in [4.69, 9.17) is 4.74 Å². The van der Waals surface area contributed by atoms with Gasteiger partial charge in [0, 0.05) is 34.3 Å². The normalized spacial score (nSPS) is 22.3. The molecule has 2 atom stereocenters. The molecule has 0 amide bonds. The molecule has 7 nitrogen and oxygen atoms in total. The van der Waals surface area contributed by atoms with Crippen molar-refractivity contribution in [1.29, 1.82) is 0 Å². The second kappa shape index (κ2) is 6.01. The molecule has 1 heterocycles. The number of aromatic nitrogens is 3. The number of hydrogen-bond acceptors (Lipinski definition) is 7. The molecule has 1 aromatic heterocycles. The molecule has 0 aliphatic heterocycles. The molecule has 2 N–H and O–H groups in total. The largest absolute Gasteiger partial charge is 0.381 e. The number of nitrogens with one attached hydrogen (secondary N) is 2. The van der Waals surface area contributed by atoms with Gasteiger partial charge >= 0.3 is 0 Å². The highest BCUT2D eigenvalue weighted by atomic mass is 16.5. The topological polar surface area (TPSA) is 75.2 Å². The van der Waals surface area contributed by atoms with Crippen LogP contribution in [0.1, 0.15) is 19.3 Å². The van der Waals surface area contributed by atoms with Crippen LogP contribution in [0.2, 0.25) is 0 Å². The third kappa shape index (κ3) is 3.44. The van der Waals surface area contributed by atoms with E-state index in [-0.39, 0.29) is 0 Å². The zero-order valence-electron chi connectivity index (χ0n) is 12.0. The Balaban J connectivity index is 2.09. The van der Waals surface area contributed by atoms with Gasteiger partial charge in [-0.2, -0.15) is 15.0 Å². The Morgan fingerprint density at radius 2 is 1.89 bits per heavy atom. The van der Waals surface area contributed by atoms with E-state index >= 15 is 0 Å². The van der Waals surface area contributed by atoms with Crippen LogP contribution in [0.25, 0.3) is 0 Å². The van der Waals surface area contributed by atoms with Crippen molar-refractivity contribution >= 4 is 17.8 Å². The van der Waals surface area contributed by atoms with Crippen molar-refractivity contribution in [3.63, 3.8) is 0 Å². The molecule has 2 rings (SSSR count). The van der Waals surface area contributed by atoms with Crippen LogP contribution in [0.15, 0.2) is 0 Å². The summed E-state index contributed by atoms with van der Waals surface area (Å²) in [7, 11) is 7.39. The molecule has 106 valence electrons. The standard InChI is InChI=1S/C12H22N6O/c1-13-10-15-11(17-12(16-10)18(2)3)14-8-5-6-9(7-8)19-4/h8-9H,5-7H2,1-4H3,(H2,13,14,15,16,17). The van der Waals surface area contributed by atoms with E-state index in [2.05, 4.69) is 25.6 Å². The lowest BCUT2D eigenvalue weighted by atomic mass is 10.2. The number of anilines is 3. The van der Waals surface area contributed by atoms with Crippen molar-refractivity contribution in [3.8, 4) is 0 Å². The molecule has 7 heteroatoms. The van der Waals surface area contributed by atoms with Crippen molar-refractivity contribution in [2.45, 2.75) is 31.4 Å². The maximum Gasteiger partial charge on any atom is 0.231 e. The first-order valence-electron chi connectivity index (χ1n) is 6.53.